The summed E-state index contributed by atoms with van der Waals surface area (Å²) in [5, 5.41) is 2.56. The van der Waals surface area contributed by atoms with Gasteiger partial charge in [-0.3, -0.25) is 9.59 Å². The van der Waals surface area contributed by atoms with Gasteiger partial charge >= 0.3 is 0 Å². The van der Waals surface area contributed by atoms with Crippen molar-refractivity contribution in [3.8, 4) is 0 Å². The number of sulfonamides is 1. The Morgan fingerprint density at radius 1 is 1.21 bits per heavy atom. The van der Waals surface area contributed by atoms with Gasteiger partial charge in [0.05, 0.1) is 30.4 Å². The van der Waals surface area contributed by atoms with Gasteiger partial charge < -0.3 is 19.4 Å². The topological polar surface area (TPSA) is 118 Å². The maximum atomic E-state index is 12.8. The summed E-state index contributed by atoms with van der Waals surface area (Å²) in [5.74, 6) is -0.0828. The predicted octanol–water partition coefficient (Wildman–Crippen LogP) is 1.58. The van der Waals surface area contributed by atoms with E-state index in [-0.39, 0.29) is 23.9 Å². The van der Waals surface area contributed by atoms with E-state index >= 15 is 0 Å². The van der Waals surface area contributed by atoms with Crippen molar-refractivity contribution in [3.63, 3.8) is 0 Å². The number of furan rings is 1. The van der Waals surface area contributed by atoms with E-state index in [9.17, 15) is 18.0 Å². The molecule has 0 saturated carbocycles. The highest BCUT2D eigenvalue weighted by atomic mass is 32.2. The van der Waals surface area contributed by atoms with E-state index in [1.165, 1.54) is 56.4 Å². The number of ether oxygens (including phenoxy) is 1. The second-order valence-corrected chi connectivity index (χ2v) is 8.09. The molecule has 2 N–H and O–H groups in total. The van der Waals surface area contributed by atoms with Crippen molar-refractivity contribution < 1.29 is 27.2 Å². The van der Waals surface area contributed by atoms with Crippen LogP contribution in [0.1, 0.15) is 19.6 Å². The number of amides is 2. The minimum Gasteiger partial charge on any atom is -0.467 e. The molecule has 0 aliphatic rings. The molecular weight excluding hydrogens is 398 g/mol. The largest absolute Gasteiger partial charge is 0.467 e. The molecule has 158 valence electrons. The van der Waals surface area contributed by atoms with Crippen LogP contribution in [0.2, 0.25) is 0 Å². The summed E-state index contributed by atoms with van der Waals surface area (Å²) < 4.78 is 38.0. The Bertz CT molecular complexity index is 910. The van der Waals surface area contributed by atoms with Crippen LogP contribution >= 0.6 is 0 Å². The molecule has 1 aromatic heterocycles. The molecule has 10 heteroatoms. The van der Waals surface area contributed by atoms with Crippen LogP contribution in [0, 0.1) is 0 Å². The van der Waals surface area contributed by atoms with E-state index in [1.807, 2.05) is 0 Å². The van der Waals surface area contributed by atoms with E-state index in [2.05, 4.69) is 10.0 Å². The summed E-state index contributed by atoms with van der Waals surface area (Å²) in [5.41, 5.74) is 0.477. The number of rotatable bonds is 10. The number of nitrogens with zero attached hydrogens (tertiary/aromatic N) is 1. The van der Waals surface area contributed by atoms with Crippen molar-refractivity contribution in [1.82, 2.24) is 9.62 Å². The Hall–Kier alpha value is -2.69. The lowest BCUT2D eigenvalue weighted by molar-refractivity contribution is -0.134. The molecule has 0 aliphatic heterocycles. The number of benzene rings is 1. The van der Waals surface area contributed by atoms with Gasteiger partial charge in [0.15, 0.2) is 0 Å². The minimum absolute atomic E-state index is 0.0132. The Labute approximate surface area is 170 Å². The second-order valence-electron chi connectivity index (χ2n) is 6.38. The third-order valence-electron chi connectivity index (χ3n) is 3.99. The van der Waals surface area contributed by atoms with Crippen molar-refractivity contribution in [2.24, 2.45) is 0 Å². The predicted molar refractivity (Wildman–Crippen MR) is 107 cm³/mol. The normalized spacial score (nSPS) is 12.4. The molecule has 0 fully saturated rings. The molecule has 1 atom stereocenters. The molecule has 0 saturated heterocycles. The SMILES string of the molecule is COCCN(Cc1ccco1)C(=O)[C@H](C)NS(=O)(=O)c1ccc(NC(C)=O)cc1. The van der Waals surface area contributed by atoms with E-state index in [0.29, 0.717) is 18.1 Å². The van der Waals surface area contributed by atoms with Crippen LogP contribution in [0.4, 0.5) is 5.69 Å². The molecule has 1 heterocycles. The molecule has 2 aromatic rings. The Balaban J connectivity index is 2.09. The standard InChI is InChI=1S/C19H25N3O6S/c1-14(19(24)22(10-12-27-3)13-17-5-4-11-28-17)21-29(25,26)18-8-6-16(7-9-18)20-15(2)23/h4-9,11,14,21H,10,12-13H2,1-3H3,(H,20,23)/t14-/m0/s1. The molecule has 29 heavy (non-hydrogen) atoms. The average Bonchev–Trinajstić information content (AvgIpc) is 3.17. The molecule has 0 aliphatic carbocycles. The number of carbonyl (C=O) groups is 2. The molecule has 1 aromatic carbocycles. The average molecular weight is 423 g/mol. The van der Waals surface area contributed by atoms with Gasteiger partial charge in [0.1, 0.15) is 5.76 Å². The quantitative estimate of drug-likeness (QED) is 0.599. The van der Waals surface area contributed by atoms with Crippen LogP contribution in [0.15, 0.2) is 52.0 Å². The molecule has 2 rings (SSSR count). The van der Waals surface area contributed by atoms with Gasteiger partial charge in [-0.2, -0.15) is 4.72 Å². The summed E-state index contributed by atoms with van der Waals surface area (Å²) >= 11 is 0. The van der Waals surface area contributed by atoms with Gasteiger partial charge in [0, 0.05) is 26.3 Å². The van der Waals surface area contributed by atoms with Gasteiger partial charge in [-0.15, -0.1) is 0 Å². The number of anilines is 1. The zero-order chi connectivity index (χ0) is 21.4. The molecule has 0 spiro atoms. The maximum Gasteiger partial charge on any atom is 0.241 e. The third-order valence-corrected chi connectivity index (χ3v) is 5.55. The van der Waals surface area contributed by atoms with E-state index in [1.54, 1.807) is 12.1 Å². The van der Waals surface area contributed by atoms with Gasteiger partial charge in [-0.05, 0) is 43.3 Å². The smallest absolute Gasteiger partial charge is 0.241 e. The first kappa shape index (κ1) is 22.6. The van der Waals surface area contributed by atoms with E-state index in [4.69, 9.17) is 9.15 Å². The van der Waals surface area contributed by atoms with Crippen LogP contribution in [0.3, 0.4) is 0 Å². The summed E-state index contributed by atoms with van der Waals surface area (Å²) in [7, 11) is -2.41. The van der Waals surface area contributed by atoms with Gasteiger partial charge in [0.2, 0.25) is 21.8 Å². The number of carbonyl (C=O) groups excluding carboxylic acids is 2. The third kappa shape index (κ3) is 6.70. The van der Waals surface area contributed by atoms with Crippen molar-refractivity contribution >= 4 is 27.5 Å². The number of hydrogen-bond donors (Lipinski definition) is 2. The van der Waals surface area contributed by atoms with E-state index < -0.39 is 22.0 Å². The van der Waals surface area contributed by atoms with Crippen LogP contribution < -0.4 is 10.0 Å². The molecule has 2 amide bonds. The van der Waals surface area contributed by atoms with Crippen molar-refractivity contribution in [2.45, 2.75) is 31.3 Å². The molecule has 9 nitrogen and oxygen atoms in total. The molecule has 0 unspecified atom stereocenters. The lowest BCUT2D eigenvalue weighted by Crippen LogP contribution is -2.47. The minimum atomic E-state index is -3.93. The monoisotopic (exact) mass is 423 g/mol. The van der Waals surface area contributed by atoms with Crippen molar-refractivity contribution in [1.29, 1.82) is 0 Å². The van der Waals surface area contributed by atoms with Gasteiger partial charge in [0.25, 0.3) is 0 Å². The first-order chi connectivity index (χ1) is 13.7. The maximum absolute atomic E-state index is 12.8. The second kappa shape index (κ2) is 10.2. The number of hydrogen-bond acceptors (Lipinski definition) is 6. The van der Waals surface area contributed by atoms with E-state index in [0.717, 1.165) is 0 Å². The van der Waals surface area contributed by atoms with Crippen molar-refractivity contribution in [2.75, 3.05) is 25.6 Å². The number of methoxy groups -OCH3 is 1. The molecular formula is C19H25N3O6S. The molecule has 0 radical (unpaired) electrons. The van der Waals surface area contributed by atoms with Gasteiger partial charge in [-0.1, -0.05) is 0 Å². The van der Waals surface area contributed by atoms with Crippen molar-refractivity contribution in [3.05, 3.63) is 48.4 Å². The van der Waals surface area contributed by atoms with Crippen LogP contribution in [0.25, 0.3) is 0 Å². The van der Waals surface area contributed by atoms with Crippen LogP contribution in [-0.2, 0) is 30.9 Å². The molecule has 0 bridgehead atoms. The fraction of sp³-hybridized carbons (Fsp3) is 0.368. The fourth-order valence-corrected chi connectivity index (χ4v) is 3.80. The summed E-state index contributed by atoms with van der Waals surface area (Å²) in [4.78, 5) is 25.3. The summed E-state index contributed by atoms with van der Waals surface area (Å²) in [6.45, 7) is 3.63. The van der Waals surface area contributed by atoms with Gasteiger partial charge in [-0.25, -0.2) is 8.42 Å². The highest BCUT2D eigenvalue weighted by Gasteiger charge is 2.26. The summed E-state index contributed by atoms with van der Waals surface area (Å²) in [6.07, 6.45) is 1.51. The lowest BCUT2D eigenvalue weighted by Gasteiger charge is -2.25. The highest BCUT2D eigenvalue weighted by molar-refractivity contribution is 7.89. The summed E-state index contributed by atoms with van der Waals surface area (Å²) in [6, 6.07) is 8.12. The number of nitrogens with one attached hydrogen (secondary N) is 2. The Kier molecular flexibility index (Phi) is 7.94. The Morgan fingerprint density at radius 3 is 2.45 bits per heavy atom. The lowest BCUT2D eigenvalue weighted by atomic mass is 10.3. The fourth-order valence-electron chi connectivity index (χ4n) is 2.61. The Morgan fingerprint density at radius 2 is 1.90 bits per heavy atom. The van der Waals surface area contributed by atoms with Crippen LogP contribution in [0.5, 0.6) is 0 Å². The van der Waals surface area contributed by atoms with Crippen LogP contribution in [-0.4, -0.2) is 51.4 Å². The first-order valence-corrected chi connectivity index (χ1v) is 10.4. The zero-order valence-electron chi connectivity index (χ0n) is 16.5. The zero-order valence-corrected chi connectivity index (χ0v) is 17.4. The first-order valence-electron chi connectivity index (χ1n) is 8.93. The highest BCUT2D eigenvalue weighted by Crippen LogP contribution is 2.15.